The molecule has 570 valence electrons. The summed E-state index contributed by atoms with van der Waals surface area (Å²) in [5.74, 6) is 2.37. The van der Waals surface area contributed by atoms with Crippen molar-refractivity contribution >= 4 is 23.9 Å². The summed E-state index contributed by atoms with van der Waals surface area (Å²) in [7, 11) is 0. The highest BCUT2D eigenvalue weighted by Crippen LogP contribution is 2.30. The van der Waals surface area contributed by atoms with Crippen LogP contribution in [0.15, 0.2) is 133 Å². The number of carbonyl (C=O) groups excluding carboxylic acids is 4. The van der Waals surface area contributed by atoms with E-state index in [9.17, 15) is 19.2 Å². The van der Waals surface area contributed by atoms with Crippen molar-refractivity contribution in [3.05, 3.63) is 156 Å². The average Bonchev–Trinajstić information content (AvgIpc) is 0.829. The first-order valence-electron chi connectivity index (χ1n) is 40.5. The number of hydrogen-bond donors (Lipinski definition) is 0. The van der Waals surface area contributed by atoms with Crippen LogP contribution in [-0.4, -0.2) is 63.5 Å². The zero-order valence-corrected chi connectivity index (χ0v) is 63.9. The summed E-state index contributed by atoms with van der Waals surface area (Å²) in [4.78, 5) is 55.0. The van der Waals surface area contributed by atoms with Crippen molar-refractivity contribution in [1.82, 2.24) is 0 Å². The highest BCUT2D eigenvalue weighted by molar-refractivity contribution is 5.98. The molecule has 0 N–H and O–H groups in total. The highest BCUT2D eigenvalue weighted by atomic mass is 16.6. The van der Waals surface area contributed by atoms with E-state index in [1.807, 2.05) is 0 Å². The first kappa shape index (κ1) is 84.9. The Morgan fingerprint density at radius 3 is 0.606 bits per heavy atom. The molecule has 6 rings (SSSR count). The van der Waals surface area contributed by atoms with E-state index in [4.69, 9.17) is 47.4 Å². The maximum Gasteiger partial charge on any atom is 0.347 e. The van der Waals surface area contributed by atoms with Crippen molar-refractivity contribution in [2.75, 3.05) is 39.6 Å². The molecule has 0 atom stereocenters. The predicted octanol–water partition coefficient (Wildman–Crippen LogP) is 25.2. The summed E-state index contributed by atoms with van der Waals surface area (Å²) < 4.78 is 59.9. The molecule has 0 radical (unpaired) electrons. The van der Waals surface area contributed by atoms with E-state index in [0.29, 0.717) is 85.6 Å². The van der Waals surface area contributed by atoms with E-state index < -0.39 is 23.9 Å². The van der Waals surface area contributed by atoms with E-state index >= 15 is 0 Å². The first-order valence-corrected chi connectivity index (χ1v) is 40.5. The Morgan fingerprint density at radius 2 is 0.385 bits per heavy atom. The minimum absolute atomic E-state index is 0.188. The van der Waals surface area contributed by atoms with E-state index in [1.165, 1.54) is 154 Å². The van der Waals surface area contributed by atoms with Gasteiger partial charge in [-0.3, -0.25) is 0 Å². The van der Waals surface area contributed by atoms with Gasteiger partial charge in [0.2, 0.25) is 0 Å². The third-order valence-electron chi connectivity index (χ3n) is 18.6. The molecule has 0 aromatic heterocycles. The lowest BCUT2D eigenvalue weighted by Gasteiger charge is -2.14. The molecule has 0 aliphatic rings. The third-order valence-corrected chi connectivity index (χ3v) is 18.6. The Hall–Kier alpha value is -8.00. The number of unbranched alkanes of at least 4 members (excludes halogenated alkanes) is 35. The van der Waals surface area contributed by atoms with Gasteiger partial charge >= 0.3 is 23.9 Å². The molecule has 104 heavy (non-hydrogen) atoms. The summed E-state index contributed by atoms with van der Waals surface area (Å²) in [5.41, 5.74) is 0.831. The number of hydrogen-bond acceptors (Lipinski definition) is 14. The van der Waals surface area contributed by atoms with Crippen LogP contribution in [-0.2, 0) is 0 Å². The molecule has 0 fully saturated rings. The van der Waals surface area contributed by atoms with Gasteiger partial charge in [-0.2, -0.15) is 0 Å². The molecule has 0 heterocycles. The van der Waals surface area contributed by atoms with Crippen molar-refractivity contribution in [2.45, 2.75) is 285 Å². The molecule has 14 nitrogen and oxygen atoms in total. The Morgan fingerprint density at radius 1 is 0.202 bits per heavy atom. The van der Waals surface area contributed by atoms with Gasteiger partial charge in [0.05, 0.1) is 50.8 Å². The van der Waals surface area contributed by atoms with E-state index in [2.05, 4.69) is 27.7 Å². The van der Waals surface area contributed by atoms with Gasteiger partial charge in [0, 0.05) is 0 Å². The Labute approximate surface area is 624 Å². The number of carbonyl (C=O) groups is 4. The van der Waals surface area contributed by atoms with Crippen LogP contribution in [0.1, 0.15) is 326 Å². The van der Waals surface area contributed by atoms with Gasteiger partial charge in [0.1, 0.15) is 68.6 Å². The Bertz CT molecular complexity index is 3020. The maximum atomic E-state index is 13.8. The molecular formula is C90H126O14. The third kappa shape index (κ3) is 36.6. The van der Waals surface area contributed by atoms with Crippen molar-refractivity contribution in [3.8, 4) is 57.5 Å². The summed E-state index contributed by atoms with van der Waals surface area (Å²) in [6.07, 6.45) is 46.4. The molecule has 0 aliphatic heterocycles. The molecular weight excluding hydrogens is 1300 g/mol. The van der Waals surface area contributed by atoms with Crippen molar-refractivity contribution in [1.29, 1.82) is 0 Å². The fourth-order valence-electron chi connectivity index (χ4n) is 12.3. The largest absolute Gasteiger partial charge is 0.494 e. The minimum Gasteiger partial charge on any atom is -0.494 e. The van der Waals surface area contributed by atoms with E-state index in [0.717, 1.165) is 103 Å². The van der Waals surface area contributed by atoms with Crippen molar-refractivity contribution in [2.24, 2.45) is 0 Å². The van der Waals surface area contributed by atoms with Crippen LogP contribution in [0.25, 0.3) is 0 Å². The molecule has 0 bridgehead atoms. The fraction of sp³-hybridized carbons (Fsp3) is 0.556. The van der Waals surface area contributed by atoms with Crippen LogP contribution < -0.4 is 47.4 Å². The quantitative estimate of drug-likeness (QED) is 0.0201. The SMILES string of the molecule is CCCCCCCCCCOc1ccc(OC(=O)c2ccc(C(=O)Oc3ccc(OCCCCCCCCCC)cc3)c(OCCCCCCCCCCOc3cc(C(=O)Oc4ccc(OCCCCCCCCCC)cc4)ccc3C(=O)Oc3ccc(OCCCCCCCCCC)cc3)c2)cc1. The van der Waals surface area contributed by atoms with Gasteiger partial charge < -0.3 is 47.4 Å². The Balaban J connectivity index is 0.974. The summed E-state index contributed by atoms with van der Waals surface area (Å²) in [5, 5.41) is 0. The van der Waals surface area contributed by atoms with Crippen molar-refractivity contribution < 1.29 is 66.5 Å². The molecule has 0 aliphatic carbocycles. The monoisotopic (exact) mass is 1430 g/mol. The standard InChI is InChI=1S/C90H126O14/c1-5-9-13-17-21-27-33-39-65-95-75-47-55-79(56-48-75)101-87(91)73-45-63-83(89(93)103-81-59-51-77(52-60-81)97-67-41-35-29-23-19-15-11-7-3)85(71-73)99-69-43-37-31-25-26-32-38-44-70-100-86-72-74(88(92)102-80-57-49-76(50-58-80)96-66-40-34-28-22-18-14-10-6-2)46-64-84(86)90(94)104-82-61-53-78(54-62-82)98-68-42-36-30-24-20-16-12-8-4/h45-64,71-72H,5-44,65-70H2,1-4H3. The normalized spacial score (nSPS) is 11.1. The molecule has 6 aromatic carbocycles. The summed E-state index contributed by atoms with van der Waals surface area (Å²) >= 11 is 0. The number of benzene rings is 6. The van der Waals surface area contributed by atoms with E-state index in [1.54, 1.807) is 133 Å². The topological polar surface area (TPSA) is 161 Å². The smallest absolute Gasteiger partial charge is 0.347 e. The number of esters is 4. The maximum absolute atomic E-state index is 13.8. The molecule has 14 heteroatoms. The van der Waals surface area contributed by atoms with Gasteiger partial charge in [0.25, 0.3) is 0 Å². The lowest BCUT2D eigenvalue weighted by molar-refractivity contribution is 0.0715. The molecule has 0 spiro atoms. The zero-order valence-electron chi connectivity index (χ0n) is 63.9. The molecule has 0 saturated carbocycles. The minimum atomic E-state index is -0.614. The molecule has 0 amide bonds. The van der Waals surface area contributed by atoms with Gasteiger partial charge in [-0.05, 0) is 172 Å². The summed E-state index contributed by atoms with van der Waals surface area (Å²) in [6.45, 7) is 12.1. The number of ether oxygens (including phenoxy) is 10. The Kier molecular flexibility index (Phi) is 44.6. The lowest BCUT2D eigenvalue weighted by Crippen LogP contribution is -2.14. The molecule has 0 unspecified atom stereocenters. The predicted molar refractivity (Wildman–Crippen MR) is 419 cm³/mol. The van der Waals surface area contributed by atoms with Crippen LogP contribution >= 0.6 is 0 Å². The first-order chi connectivity index (χ1) is 51.2. The van der Waals surface area contributed by atoms with Crippen molar-refractivity contribution in [3.63, 3.8) is 0 Å². The van der Waals surface area contributed by atoms with Gasteiger partial charge in [-0.25, -0.2) is 19.2 Å². The van der Waals surface area contributed by atoms with E-state index in [-0.39, 0.29) is 33.8 Å². The van der Waals surface area contributed by atoms with Gasteiger partial charge in [-0.1, -0.05) is 246 Å². The van der Waals surface area contributed by atoms with Crippen LogP contribution in [0.2, 0.25) is 0 Å². The van der Waals surface area contributed by atoms with Crippen LogP contribution in [0.3, 0.4) is 0 Å². The second-order valence-corrected chi connectivity index (χ2v) is 27.7. The van der Waals surface area contributed by atoms with Gasteiger partial charge in [-0.15, -0.1) is 0 Å². The summed E-state index contributed by atoms with van der Waals surface area (Å²) in [6, 6.07) is 37.5. The zero-order chi connectivity index (χ0) is 73.5. The lowest BCUT2D eigenvalue weighted by atomic mass is 10.1. The highest BCUT2D eigenvalue weighted by Gasteiger charge is 2.22. The van der Waals surface area contributed by atoms with Crippen LogP contribution in [0.4, 0.5) is 0 Å². The second kappa shape index (κ2) is 54.6. The average molecular weight is 1430 g/mol. The van der Waals surface area contributed by atoms with Crippen LogP contribution in [0, 0.1) is 0 Å². The second-order valence-electron chi connectivity index (χ2n) is 27.7. The van der Waals surface area contributed by atoms with Crippen LogP contribution in [0.5, 0.6) is 57.5 Å². The van der Waals surface area contributed by atoms with Gasteiger partial charge in [0.15, 0.2) is 0 Å². The molecule has 6 aromatic rings. The molecule has 0 saturated heterocycles. The fourth-order valence-corrected chi connectivity index (χ4v) is 12.3. The number of rotatable bonds is 61.